The summed E-state index contributed by atoms with van der Waals surface area (Å²) < 4.78 is 5.28. The minimum atomic E-state index is -0.219. The van der Waals surface area contributed by atoms with E-state index in [0.29, 0.717) is 6.54 Å². The van der Waals surface area contributed by atoms with Gasteiger partial charge in [0.2, 0.25) is 5.91 Å². The van der Waals surface area contributed by atoms with E-state index in [1.54, 1.807) is 7.11 Å². The second kappa shape index (κ2) is 5.83. The molecule has 0 radical (unpaired) electrons. The molecule has 1 aliphatic heterocycles. The number of carbonyl (C=O) groups excluding carboxylic acids is 1. The molecule has 0 saturated carbocycles. The number of carbonyl (C=O) groups is 1. The Labute approximate surface area is 130 Å². The average molecular weight is 299 g/mol. The number of benzene rings is 1. The summed E-state index contributed by atoms with van der Waals surface area (Å²) >= 11 is 0. The highest BCUT2D eigenvalue weighted by molar-refractivity contribution is 5.85. The van der Waals surface area contributed by atoms with Crippen LogP contribution in [0.25, 0.3) is 10.9 Å². The number of aromatic nitrogens is 1. The molecule has 116 valence electrons. The van der Waals surface area contributed by atoms with Gasteiger partial charge in [-0.15, -0.1) is 0 Å². The molecule has 1 fully saturated rings. The number of amides is 1. The lowest BCUT2D eigenvalue weighted by atomic mass is 9.97. The van der Waals surface area contributed by atoms with Gasteiger partial charge in [-0.3, -0.25) is 4.79 Å². The number of ether oxygens (including phenoxy) is 1. The van der Waals surface area contributed by atoms with E-state index in [1.165, 1.54) is 5.56 Å². The van der Waals surface area contributed by atoms with E-state index in [0.717, 1.165) is 41.9 Å². The van der Waals surface area contributed by atoms with E-state index in [4.69, 9.17) is 15.5 Å². The fourth-order valence-electron chi connectivity index (χ4n) is 3.07. The predicted molar refractivity (Wildman–Crippen MR) is 87.2 cm³/mol. The fourth-order valence-corrected chi connectivity index (χ4v) is 3.07. The molecule has 2 heterocycles. The number of hydrogen-bond acceptors (Lipinski definition) is 4. The van der Waals surface area contributed by atoms with Crippen molar-refractivity contribution in [3.63, 3.8) is 0 Å². The van der Waals surface area contributed by atoms with Crippen molar-refractivity contribution < 1.29 is 9.53 Å². The lowest BCUT2D eigenvalue weighted by molar-refractivity contribution is -0.122. The zero-order valence-corrected chi connectivity index (χ0v) is 13.0. The molecule has 1 aromatic heterocycles. The Morgan fingerprint density at radius 2 is 2.23 bits per heavy atom. The Morgan fingerprint density at radius 3 is 2.95 bits per heavy atom. The van der Waals surface area contributed by atoms with Crippen LogP contribution < -0.4 is 15.4 Å². The Morgan fingerprint density at radius 1 is 1.41 bits per heavy atom. The summed E-state index contributed by atoms with van der Waals surface area (Å²) in [7, 11) is 1.65. The van der Waals surface area contributed by atoms with E-state index in [9.17, 15) is 4.79 Å². The summed E-state index contributed by atoms with van der Waals surface area (Å²) in [5, 5.41) is 1.12. The molecule has 5 nitrogen and oxygen atoms in total. The van der Waals surface area contributed by atoms with E-state index in [2.05, 4.69) is 17.9 Å². The predicted octanol–water partition coefficient (Wildman–Crippen LogP) is 2.25. The summed E-state index contributed by atoms with van der Waals surface area (Å²) in [5.41, 5.74) is 7.55. The van der Waals surface area contributed by atoms with Gasteiger partial charge in [0.05, 0.1) is 18.5 Å². The Kier molecular flexibility index (Phi) is 3.88. The third-order valence-corrected chi connectivity index (χ3v) is 4.36. The molecule has 0 bridgehead atoms. The van der Waals surface area contributed by atoms with Crippen LogP contribution in [0.5, 0.6) is 5.75 Å². The largest absolute Gasteiger partial charge is 0.497 e. The highest BCUT2D eigenvalue weighted by Gasteiger charge is 2.25. The van der Waals surface area contributed by atoms with Gasteiger partial charge in [0, 0.05) is 24.5 Å². The first kappa shape index (κ1) is 14.6. The molecule has 2 N–H and O–H groups in total. The average Bonchev–Trinajstić information content (AvgIpc) is 2.54. The lowest BCUT2D eigenvalue weighted by Gasteiger charge is -2.32. The molecule has 0 aliphatic carbocycles. The number of hydrogen-bond donors (Lipinski definition) is 1. The summed E-state index contributed by atoms with van der Waals surface area (Å²) in [4.78, 5) is 18.4. The van der Waals surface area contributed by atoms with Crippen LogP contribution >= 0.6 is 0 Å². The number of primary amides is 1. The van der Waals surface area contributed by atoms with Crippen LogP contribution in [-0.2, 0) is 4.79 Å². The molecule has 1 atom stereocenters. The molecule has 1 unspecified atom stereocenters. The zero-order chi connectivity index (χ0) is 15.7. The molecular weight excluding hydrogens is 278 g/mol. The van der Waals surface area contributed by atoms with Gasteiger partial charge in [-0.2, -0.15) is 0 Å². The number of piperidine rings is 1. The fraction of sp³-hybridized carbons (Fsp3) is 0.412. The second-order valence-electron chi connectivity index (χ2n) is 5.87. The highest BCUT2D eigenvalue weighted by atomic mass is 16.5. The molecule has 1 amide bonds. The van der Waals surface area contributed by atoms with Crippen LogP contribution in [0, 0.1) is 12.8 Å². The summed E-state index contributed by atoms with van der Waals surface area (Å²) in [6, 6.07) is 8.00. The molecule has 1 saturated heterocycles. The maximum absolute atomic E-state index is 11.5. The van der Waals surface area contributed by atoms with Gasteiger partial charge in [0.1, 0.15) is 11.6 Å². The van der Waals surface area contributed by atoms with Crippen molar-refractivity contribution in [1.82, 2.24) is 4.98 Å². The minimum absolute atomic E-state index is 0.0862. The van der Waals surface area contributed by atoms with Gasteiger partial charge in [0.25, 0.3) is 0 Å². The Balaban J connectivity index is 1.98. The van der Waals surface area contributed by atoms with Crippen LogP contribution in [0.3, 0.4) is 0 Å². The smallest absolute Gasteiger partial charge is 0.222 e. The molecule has 1 aliphatic rings. The topological polar surface area (TPSA) is 68.5 Å². The van der Waals surface area contributed by atoms with Crippen molar-refractivity contribution in [3.05, 3.63) is 29.8 Å². The number of methoxy groups -OCH3 is 1. The molecule has 0 spiro atoms. The van der Waals surface area contributed by atoms with Crippen LogP contribution in [0.4, 0.5) is 5.82 Å². The Bertz CT molecular complexity index is 714. The first-order valence-corrected chi connectivity index (χ1v) is 7.58. The van der Waals surface area contributed by atoms with Gasteiger partial charge in [-0.05, 0) is 43.5 Å². The number of fused-ring (bicyclic) bond motifs is 1. The van der Waals surface area contributed by atoms with Crippen LogP contribution in [-0.4, -0.2) is 31.1 Å². The minimum Gasteiger partial charge on any atom is -0.497 e. The molecule has 5 heteroatoms. The SMILES string of the molecule is COc1ccc2c(C)cc(N3CCCC(C(N)=O)C3)nc2c1. The highest BCUT2D eigenvalue weighted by Crippen LogP contribution is 2.28. The standard InChI is InChI=1S/C17H21N3O2/c1-11-8-16(20-7-3-4-12(10-20)17(18)21)19-15-9-13(22-2)5-6-14(11)15/h5-6,8-9,12H,3-4,7,10H2,1-2H3,(H2,18,21). The number of aryl methyl sites for hydroxylation is 1. The van der Waals surface area contributed by atoms with Crippen molar-refractivity contribution in [2.24, 2.45) is 11.7 Å². The van der Waals surface area contributed by atoms with Crippen LogP contribution in [0.1, 0.15) is 18.4 Å². The first-order valence-electron chi connectivity index (χ1n) is 7.58. The van der Waals surface area contributed by atoms with Crippen molar-refractivity contribution >= 4 is 22.6 Å². The Hall–Kier alpha value is -2.30. The molecule has 3 rings (SSSR count). The monoisotopic (exact) mass is 299 g/mol. The van der Waals surface area contributed by atoms with Crippen molar-refractivity contribution in [1.29, 1.82) is 0 Å². The number of rotatable bonds is 3. The van der Waals surface area contributed by atoms with Gasteiger partial charge in [-0.25, -0.2) is 4.98 Å². The molecule has 1 aromatic carbocycles. The number of pyridine rings is 1. The third-order valence-electron chi connectivity index (χ3n) is 4.36. The summed E-state index contributed by atoms with van der Waals surface area (Å²) in [6.07, 6.45) is 1.83. The van der Waals surface area contributed by atoms with Gasteiger partial charge in [0.15, 0.2) is 0 Å². The number of nitrogens with zero attached hydrogens (tertiary/aromatic N) is 2. The van der Waals surface area contributed by atoms with Crippen molar-refractivity contribution in [2.75, 3.05) is 25.1 Å². The van der Waals surface area contributed by atoms with Gasteiger partial charge < -0.3 is 15.4 Å². The normalized spacial score (nSPS) is 18.5. The zero-order valence-electron chi connectivity index (χ0n) is 13.0. The van der Waals surface area contributed by atoms with Gasteiger partial charge >= 0.3 is 0 Å². The maximum atomic E-state index is 11.5. The van der Waals surface area contributed by atoms with E-state index in [1.807, 2.05) is 18.2 Å². The molecular formula is C17H21N3O2. The summed E-state index contributed by atoms with van der Waals surface area (Å²) in [5.74, 6) is 1.40. The van der Waals surface area contributed by atoms with Crippen LogP contribution in [0.15, 0.2) is 24.3 Å². The van der Waals surface area contributed by atoms with Crippen LogP contribution in [0.2, 0.25) is 0 Å². The maximum Gasteiger partial charge on any atom is 0.222 e. The number of anilines is 1. The van der Waals surface area contributed by atoms with E-state index >= 15 is 0 Å². The van der Waals surface area contributed by atoms with E-state index < -0.39 is 0 Å². The molecule has 22 heavy (non-hydrogen) atoms. The first-order chi connectivity index (χ1) is 10.6. The van der Waals surface area contributed by atoms with Crippen molar-refractivity contribution in [3.8, 4) is 5.75 Å². The number of nitrogens with two attached hydrogens (primary N) is 1. The molecule has 2 aromatic rings. The van der Waals surface area contributed by atoms with Crippen molar-refractivity contribution in [2.45, 2.75) is 19.8 Å². The van der Waals surface area contributed by atoms with Gasteiger partial charge in [-0.1, -0.05) is 0 Å². The quantitative estimate of drug-likeness (QED) is 0.944. The summed E-state index contributed by atoms with van der Waals surface area (Å²) in [6.45, 7) is 3.64. The van der Waals surface area contributed by atoms with E-state index in [-0.39, 0.29) is 11.8 Å². The lowest BCUT2D eigenvalue weighted by Crippen LogP contribution is -2.41. The third kappa shape index (κ3) is 2.71. The second-order valence-corrected chi connectivity index (χ2v) is 5.87.